The molecular weight excluding hydrogens is 260 g/mol. The van der Waals surface area contributed by atoms with Gasteiger partial charge in [-0.05, 0) is 25.9 Å². The molecule has 9 heteroatoms. The summed E-state index contributed by atoms with van der Waals surface area (Å²) in [5.41, 5.74) is 0. The molecule has 6 nitrogen and oxygen atoms in total. The fourth-order valence-electron chi connectivity index (χ4n) is 1.41. The highest BCUT2D eigenvalue weighted by Crippen LogP contribution is 2.22. The summed E-state index contributed by atoms with van der Waals surface area (Å²) in [6.45, 7) is -0.502. The highest BCUT2D eigenvalue weighted by molar-refractivity contribution is 7.86. The first-order valence-corrected chi connectivity index (χ1v) is 6.40. The third-order valence-electron chi connectivity index (χ3n) is 2.43. The average molecular weight is 273 g/mol. The molecule has 0 aromatic carbocycles. The lowest BCUT2D eigenvalue weighted by Crippen LogP contribution is -2.37. The Morgan fingerprint density at radius 2 is 1.94 bits per heavy atom. The molecule has 0 aromatic heterocycles. The minimum Gasteiger partial charge on any atom is -0.458 e. The van der Waals surface area contributed by atoms with E-state index in [1.165, 1.54) is 0 Å². The van der Waals surface area contributed by atoms with Gasteiger partial charge in [-0.1, -0.05) is 0 Å². The lowest BCUT2D eigenvalue weighted by molar-refractivity contribution is -0.155. The van der Waals surface area contributed by atoms with Crippen LogP contribution in [0, 0.1) is 5.92 Å². The molecule has 0 bridgehead atoms. The van der Waals surface area contributed by atoms with E-state index >= 15 is 0 Å². The van der Waals surface area contributed by atoms with Gasteiger partial charge in [0.15, 0.2) is 6.61 Å². The van der Waals surface area contributed by atoms with E-state index in [-0.39, 0.29) is 0 Å². The van der Waals surface area contributed by atoms with Crippen LogP contribution < -0.4 is 5.32 Å². The van der Waals surface area contributed by atoms with Crippen LogP contribution in [0.2, 0.25) is 0 Å². The van der Waals surface area contributed by atoms with Gasteiger partial charge < -0.3 is 10.1 Å². The van der Waals surface area contributed by atoms with Crippen molar-refractivity contribution < 1.29 is 31.3 Å². The number of hydrogen-bond acceptors (Lipinski definition) is 5. The fraction of sp³-hybridized carbons (Fsp3) is 0.875. The van der Waals surface area contributed by atoms with Crippen molar-refractivity contribution in [3.05, 3.63) is 0 Å². The summed E-state index contributed by atoms with van der Waals surface area (Å²) in [5.74, 6) is -1.37. The Morgan fingerprint density at radius 1 is 1.41 bits per heavy atom. The van der Waals surface area contributed by atoms with Crippen molar-refractivity contribution >= 4 is 16.1 Å². The second-order valence-electron chi connectivity index (χ2n) is 3.74. The molecule has 0 radical (unpaired) electrons. The van der Waals surface area contributed by atoms with E-state index in [4.69, 9.17) is 4.55 Å². The molecule has 2 N–H and O–H groups in total. The maximum atomic E-state index is 12.7. The number of rotatable bonds is 4. The molecule has 0 spiro atoms. The Bertz CT molecular complexity index is 377. The first kappa shape index (κ1) is 14.3. The van der Waals surface area contributed by atoms with E-state index in [1.54, 1.807) is 0 Å². The molecule has 0 saturated carbocycles. The topological polar surface area (TPSA) is 92.7 Å². The van der Waals surface area contributed by atoms with Crippen LogP contribution in [0.15, 0.2) is 0 Å². The van der Waals surface area contributed by atoms with Crippen molar-refractivity contribution in [1.82, 2.24) is 5.32 Å². The van der Waals surface area contributed by atoms with Crippen molar-refractivity contribution in [2.45, 2.75) is 18.1 Å². The van der Waals surface area contributed by atoms with Crippen molar-refractivity contribution in [1.29, 1.82) is 0 Å². The fourth-order valence-corrected chi connectivity index (χ4v) is 1.61. The maximum Gasteiger partial charge on any atom is 0.402 e. The molecule has 0 atom stereocenters. The van der Waals surface area contributed by atoms with Gasteiger partial charge in [0.25, 0.3) is 0 Å². The van der Waals surface area contributed by atoms with Gasteiger partial charge in [-0.15, -0.1) is 0 Å². The van der Waals surface area contributed by atoms with E-state index in [9.17, 15) is 22.0 Å². The summed E-state index contributed by atoms with van der Waals surface area (Å²) < 4.78 is 58.4. The van der Waals surface area contributed by atoms with E-state index in [0.29, 0.717) is 25.9 Å². The van der Waals surface area contributed by atoms with Crippen LogP contribution in [0.1, 0.15) is 12.8 Å². The second-order valence-corrected chi connectivity index (χ2v) is 5.29. The zero-order chi connectivity index (χ0) is 13.1. The van der Waals surface area contributed by atoms with Gasteiger partial charge >= 0.3 is 21.3 Å². The summed E-state index contributed by atoms with van der Waals surface area (Å²) in [6.07, 6.45) is 0.909. The molecule has 1 aliphatic rings. The standard InChI is InChI=1S/C8H13F2NO5S/c9-8(10,17(13,14)15)5-16-7(12)6-1-3-11-4-2-6/h6,11H,1-5H2,(H,13,14,15). The molecule has 17 heavy (non-hydrogen) atoms. The first-order valence-electron chi connectivity index (χ1n) is 4.96. The minimum absolute atomic E-state index is 0.455. The Labute approximate surface area is 97.1 Å². The monoisotopic (exact) mass is 273 g/mol. The van der Waals surface area contributed by atoms with Crippen LogP contribution in [0.5, 0.6) is 0 Å². The van der Waals surface area contributed by atoms with Crippen LogP contribution in [-0.2, 0) is 19.6 Å². The number of carbonyl (C=O) groups excluding carboxylic acids is 1. The molecule has 1 heterocycles. The Balaban J connectivity index is 2.47. The lowest BCUT2D eigenvalue weighted by atomic mass is 9.99. The largest absolute Gasteiger partial charge is 0.458 e. The number of ether oxygens (including phenoxy) is 1. The van der Waals surface area contributed by atoms with Gasteiger partial charge in [0.1, 0.15) is 0 Å². The number of piperidine rings is 1. The predicted molar refractivity (Wildman–Crippen MR) is 53.0 cm³/mol. The van der Waals surface area contributed by atoms with Crippen molar-refractivity contribution in [2.24, 2.45) is 5.92 Å². The zero-order valence-electron chi connectivity index (χ0n) is 8.86. The SMILES string of the molecule is O=C(OCC(F)(F)S(=O)(=O)O)C1CCNCC1. The normalized spacial score (nSPS) is 19.0. The van der Waals surface area contributed by atoms with E-state index in [1.807, 2.05) is 0 Å². The first-order chi connectivity index (χ1) is 7.74. The van der Waals surface area contributed by atoms with Crippen LogP contribution in [0.4, 0.5) is 8.78 Å². The Morgan fingerprint density at radius 3 is 2.41 bits per heavy atom. The van der Waals surface area contributed by atoms with Crippen LogP contribution >= 0.6 is 0 Å². The van der Waals surface area contributed by atoms with E-state index in [0.717, 1.165) is 0 Å². The van der Waals surface area contributed by atoms with Gasteiger partial charge in [-0.2, -0.15) is 17.2 Å². The molecule has 0 unspecified atom stereocenters. The highest BCUT2D eigenvalue weighted by atomic mass is 32.2. The van der Waals surface area contributed by atoms with Gasteiger partial charge in [-0.3, -0.25) is 9.35 Å². The van der Waals surface area contributed by atoms with Crippen molar-refractivity contribution in [3.8, 4) is 0 Å². The maximum absolute atomic E-state index is 12.7. The third-order valence-corrected chi connectivity index (χ3v) is 3.30. The highest BCUT2D eigenvalue weighted by Gasteiger charge is 2.46. The molecular formula is C8H13F2NO5S. The van der Waals surface area contributed by atoms with Gasteiger partial charge in [0.2, 0.25) is 0 Å². The number of hydrogen-bond donors (Lipinski definition) is 2. The quantitative estimate of drug-likeness (QED) is 0.553. The predicted octanol–water partition coefficient (Wildman–Crippen LogP) is 0.00980. The van der Waals surface area contributed by atoms with E-state index in [2.05, 4.69) is 10.1 Å². The van der Waals surface area contributed by atoms with Crippen LogP contribution in [-0.4, -0.2) is 43.9 Å². The molecule has 100 valence electrons. The number of carbonyl (C=O) groups is 1. The van der Waals surface area contributed by atoms with Gasteiger partial charge in [-0.25, -0.2) is 0 Å². The third kappa shape index (κ3) is 3.86. The minimum atomic E-state index is -5.55. The Kier molecular flexibility index (Phi) is 4.39. The summed E-state index contributed by atoms with van der Waals surface area (Å²) in [4.78, 5) is 11.3. The van der Waals surface area contributed by atoms with Gasteiger partial charge in [0.05, 0.1) is 5.92 Å². The smallest absolute Gasteiger partial charge is 0.402 e. The van der Waals surface area contributed by atoms with Crippen LogP contribution in [0.25, 0.3) is 0 Å². The molecule has 0 amide bonds. The van der Waals surface area contributed by atoms with Gasteiger partial charge in [0, 0.05) is 0 Å². The number of nitrogens with one attached hydrogen (secondary N) is 1. The molecule has 1 saturated heterocycles. The summed E-state index contributed by atoms with van der Waals surface area (Å²) in [6, 6.07) is 0. The summed E-state index contributed by atoms with van der Waals surface area (Å²) >= 11 is 0. The zero-order valence-corrected chi connectivity index (χ0v) is 9.67. The Hall–Kier alpha value is -0.800. The van der Waals surface area contributed by atoms with Crippen molar-refractivity contribution in [3.63, 3.8) is 0 Å². The number of alkyl halides is 2. The summed E-state index contributed by atoms with van der Waals surface area (Å²) in [5, 5.41) is -1.49. The molecule has 1 rings (SSSR count). The number of esters is 1. The molecule has 1 aliphatic heterocycles. The van der Waals surface area contributed by atoms with E-state index < -0.39 is 33.9 Å². The molecule has 1 fully saturated rings. The number of halogens is 2. The van der Waals surface area contributed by atoms with Crippen molar-refractivity contribution in [2.75, 3.05) is 19.7 Å². The second kappa shape index (κ2) is 5.23. The molecule has 0 aromatic rings. The van der Waals surface area contributed by atoms with Crippen LogP contribution in [0.3, 0.4) is 0 Å². The summed E-state index contributed by atoms with van der Waals surface area (Å²) in [7, 11) is -5.55. The molecule has 0 aliphatic carbocycles. The average Bonchev–Trinajstić information content (AvgIpc) is 2.25. The lowest BCUT2D eigenvalue weighted by Gasteiger charge is -2.22.